The Labute approximate surface area is 164 Å². The zero-order valence-corrected chi connectivity index (χ0v) is 16.7. The van der Waals surface area contributed by atoms with Crippen molar-refractivity contribution in [2.45, 2.75) is 89.1 Å². The predicted octanol–water partition coefficient (Wildman–Crippen LogP) is 4.02. The van der Waals surface area contributed by atoms with Crippen molar-refractivity contribution < 1.29 is 27.5 Å². The molecule has 2 rings (SSSR count). The van der Waals surface area contributed by atoms with Crippen LogP contribution >= 0.6 is 0 Å². The quantitative estimate of drug-likeness (QED) is 0.726. The van der Waals surface area contributed by atoms with E-state index in [0.29, 0.717) is 32.2 Å². The monoisotopic (exact) mass is 402 g/mol. The lowest BCUT2D eigenvalue weighted by Crippen LogP contribution is -2.60. The lowest BCUT2D eigenvalue weighted by Gasteiger charge is -2.39. The van der Waals surface area contributed by atoms with Crippen molar-refractivity contribution in [3.8, 4) is 12.3 Å². The number of hydrogen-bond donors (Lipinski definition) is 1. The molecule has 1 saturated heterocycles. The Morgan fingerprint density at radius 2 is 1.93 bits per heavy atom. The van der Waals surface area contributed by atoms with Gasteiger partial charge in [-0.1, -0.05) is 6.42 Å². The van der Waals surface area contributed by atoms with E-state index in [0.717, 1.165) is 0 Å². The van der Waals surface area contributed by atoms with Crippen LogP contribution in [0.1, 0.15) is 65.7 Å². The maximum Gasteiger partial charge on any atom is 0.411 e. The number of rotatable bonds is 3. The molecule has 0 aromatic carbocycles. The van der Waals surface area contributed by atoms with Crippen molar-refractivity contribution >= 4 is 12.0 Å². The molecule has 8 heteroatoms. The van der Waals surface area contributed by atoms with Crippen LogP contribution in [0.5, 0.6) is 0 Å². The highest BCUT2D eigenvalue weighted by molar-refractivity contribution is 5.91. The van der Waals surface area contributed by atoms with Crippen LogP contribution in [0, 0.1) is 18.3 Å². The third-order valence-electron chi connectivity index (χ3n) is 5.39. The van der Waals surface area contributed by atoms with Crippen LogP contribution in [0.2, 0.25) is 0 Å². The lowest BCUT2D eigenvalue weighted by atomic mass is 9.84. The van der Waals surface area contributed by atoms with Gasteiger partial charge < -0.3 is 10.1 Å². The highest BCUT2D eigenvalue weighted by Gasteiger charge is 2.51. The summed E-state index contributed by atoms with van der Waals surface area (Å²) in [4.78, 5) is 27.1. The van der Waals surface area contributed by atoms with E-state index in [1.165, 1.54) is 4.90 Å². The molecule has 2 aliphatic rings. The number of nitrogens with one attached hydrogen (secondary N) is 1. The smallest absolute Gasteiger partial charge is 0.411 e. The molecule has 2 amide bonds. The van der Waals surface area contributed by atoms with Crippen LogP contribution < -0.4 is 5.32 Å². The number of carbonyl (C=O) groups excluding carboxylic acids is 2. The lowest BCUT2D eigenvalue weighted by molar-refractivity contribution is -0.184. The molecule has 0 aromatic heterocycles. The van der Waals surface area contributed by atoms with Crippen LogP contribution in [-0.2, 0) is 9.53 Å². The third kappa shape index (κ3) is 5.12. The first-order chi connectivity index (χ1) is 12.9. The van der Waals surface area contributed by atoms with Crippen molar-refractivity contribution in [3.05, 3.63) is 0 Å². The Bertz CT molecular complexity index is 636. The third-order valence-corrected chi connectivity index (χ3v) is 5.39. The number of amides is 2. The summed E-state index contributed by atoms with van der Waals surface area (Å²) in [6.07, 6.45) is 2.31. The molecule has 1 aliphatic carbocycles. The predicted molar refractivity (Wildman–Crippen MR) is 98.3 cm³/mol. The number of ether oxygens (including phenoxy) is 1. The van der Waals surface area contributed by atoms with E-state index >= 15 is 0 Å². The fraction of sp³-hybridized carbons (Fsp3) is 0.800. The molecular formula is C20H29F3N2O3. The Morgan fingerprint density at radius 1 is 1.25 bits per heavy atom. The minimum absolute atomic E-state index is 0.00645. The average Bonchev–Trinajstić information content (AvgIpc) is 2.98. The molecule has 5 nitrogen and oxygen atoms in total. The highest BCUT2D eigenvalue weighted by Crippen LogP contribution is 2.39. The van der Waals surface area contributed by atoms with Gasteiger partial charge in [0.25, 0.3) is 0 Å². The Balaban J connectivity index is 2.16. The highest BCUT2D eigenvalue weighted by atomic mass is 19.4. The van der Waals surface area contributed by atoms with Gasteiger partial charge in [0.1, 0.15) is 11.1 Å². The largest absolute Gasteiger partial charge is 0.444 e. The van der Waals surface area contributed by atoms with E-state index < -0.39 is 41.3 Å². The van der Waals surface area contributed by atoms with E-state index in [-0.39, 0.29) is 19.3 Å². The minimum atomic E-state index is -4.27. The van der Waals surface area contributed by atoms with Crippen LogP contribution in [0.4, 0.5) is 18.0 Å². The van der Waals surface area contributed by atoms with Crippen molar-refractivity contribution in [3.63, 3.8) is 0 Å². The summed E-state index contributed by atoms with van der Waals surface area (Å²) in [5.41, 5.74) is -2.01. The van der Waals surface area contributed by atoms with Gasteiger partial charge in [-0.15, -0.1) is 12.3 Å². The molecule has 3 unspecified atom stereocenters. The van der Waals surface area contributed by atoms with Gasteiger partial charge in [0, 0.05) is 19.0 Å². The number of hydrogen-bond acceptors (Lipinski definition) is 3. The zero-order valence-electron chi connectivity index (χ0n) is 16.7. The van der Waals surface area contributed by atoms with Gasteiger partial charge in [0.05, 0.1) is 5.92 Å². The molecule has 2 fully saturated rings. The first kappa shape index (κ1) is 22.4. The Morgan fingerprint density at radius 3 is 2.50 bits per heavy atom. The molecule has 1 saturated carbocycles. The molecule has 1 N–H and O–H groups in total. The first-order valence-electron chi connectivity index (χ1n) is 9.71. The number of nitrogens with zero attached hydrogens (tertiary/aromatic N) is 1. The van der Waals surface area contributed by atoms with Crippen LogP contribution in [0.15, 0.2) is 0 Å². The topological polar surface area (TPSA) is 58.6 Å². The molecule has 0 spiro atoms. The summed E-state index contributed by atoms with van der Waals surface area (Å²) < 4.78 is 44.6. The van der Waals surface area contributed by atoms with E-state index in [1.807, 2.05) is 0 Å². The molecule has 3 atom stereocenters. The summed E-state index contributed by atoms with van der Waals surface area (Å²) in [6.45, 7) is 5.50. The standard InChI is InChI=1S/C20H29F3N2O3/c1-5-10-19(11-7-12-25(19)17(27)28-18(2,3)4)16(26)24-15-9-6-8-14(13-15)20(21,22)23/h1,14-15H,6-13H2,2-4H3,(H,24,26). The summed E-state index contributed by atoms with van der Waals surface area (Å²) in [6, 6.07) is -0.580. The van der Waals surface area contributed by atoms with Crippen LogP contribution in [0.3, 0.4) is 0 Å². The van der Waals surface area contributed by atoms with Crippen molar-refractivity contribution in [1.29, 1.82) is 0 Å². The van der Waals surface area contributed by atoms with Crippen molar-refractivity contribution in [2.75, 3.05) is 6.54 Å². The number of likely N-dealkylation sites (tertiary alicyclic amines) is 1. The van der Waals surface area contributed by atoms with Gasteiger partial charge in [0.15, 0.2) is 0 Å². The van der Waals surface area contributed by atoms with Gasteiger partial charge in [-0.05, 0) is 52.9 Å². The van der Waals surface area contributed by atoms with Crippen molar-refractivity contribution in [2.24, 2.45) is 5.92 Å². The molecule has 1 heterocycles. The number of alkyl halides is 3. The van der Waals surface area contributed by atoms with Crippen LogP contribution in [0.25, 0.3) is 0 Å². The van der Waals surface area contributed by atoms with E-state index in [4.69, 9.17) is 11.2 Å². The van der Waals surface area contributed by atoms with Gasteiger partial charge in [0.2, 0.25) is 5.91 Å². The Kier molecular flexibility index (Phi) is 6.57. The molecule has 0 aromatic rings. The number of terminal acetylenes is 1. The summed E-state index contributed by atoms with van der Waals surface area (Å²) in [5, 5.41) is 2.75. The Hall–Kier alpha value is -1.91. The van der Waals surface area contributed by atoms with E-state index in [2.05, 4.69) is 11.2 Å². The normalized spacial score (nSPS) is 28.5. The second-order valence-electron chi connectivity index (χ2n) is 8.72. The summed E-state index contributed by atoms with van der Waals surface area (Å²) in [5.74, 6) is 0.558. The first-order valence-corrected chi connectivity index (χ1v) is 9.71. The van der Waals surface area contributed by atoms with Gasteiger partial charge in [-0.3, -0.25) is 9.69 Å². The second-order valence-corrected chi connectivity index (χ2v) is 8.72. The summed E-state index contributed by atoms with van der Waals surface area (Å²) in [7, 11) is 0. The van der Waals surface area contributed by atoms with Crippen molar-refractivity contribution in [1.82, 2.24) is 10.2 Å². The zero-order chi connectivity index (χ0) is 21.2. The summed E-state index contributed by atoms with van der Waals surface area (Å²) >= 11 is 0. The fourth-order valence-electron chi connectivity index (χ4n) is 4.07. The van der Waals surface area contributed by atoms with Crippen LogP contribution in [-0.4, -0.2) is 46.8 Å². The van der Waals surface area contributed by atoms with E-state index in [1.54, 1.807) is 20.8 Å². The molecule has 0 radical (unpaired) electrons. The fourth-order valence-corrected chi connectivity index (χ4v) is 4.07. The number of carbonyl (C=O) groups is 2. The molecular weight excluding hydrogens is 373 g/mol. The molecule has 158 valence electrons. The molecule has 1 aliphatic heterocycles. The maximum atomic E-state index is 13.1. The average molecular weight is 402 g/mol. The molecule has 0 bridgehead atoms. The van der Waals surface area contributed by atoms with Gasteiger partial charge >= 0.3 is 12.3 Å². The minimum Gasteiger partial charge on any atom is -0.444 e. The number of halogens is 3. The SMILES string of the molecule is C#CCC1(C(=O)NC2CCCC(C(F)(F)F)C2)CCCN1C(=O)OC(C)(C)C. The maximum absolute atomic E-state index is 13.1. The second kappa shape index (κ2) is 8.22. The molecule has 28 heavy (non-hydrogen) atoms. The van der Waals surface area contributed by atoms with Gasteiger partial charge in [-0.2, -0.15) is 13.2 Å². The van der Waals surface area contributed by atoms with E-state index in [9.17, 15) is 22.8 Å². The van der Waals surface area contributed by atoms with Gasteiger partial charge in [-0.25, -0.2) is 4.79 Å².